The molecular formula is C13H16BrCl2NO. The predicted molar refractivity (Wildman–Crippen MR) is 81.0 cm³/mol. The summed E-state index contributed by atoms with van der Waals surface area (Å²) in [4.78, 5) is 11.9. The Labute approximate surface area is 126 Å². The third-order valence-corrected chi connectivity index (χ3v) is 4.54. The number of hydrogen-bond donors (Lipinski definition) is 1. The standard InChI is InChI=1S/C13H16BrCl2NO/c1-9(8-14)4-3-7-17-13(18)10-5-2-6-11(15)12(10)16/h2,5-6,9H,3-4,7-8H2,1H3,(H,17,18). The van der Waals surface area contributed by atoms with Crippen LogP contribution in [0.3, 0.4) is 0 Å². The summed E-state index contributed by atoms with van der Waals surface area (Å²) >= 11 is 15.3. The van der Waals surface area contributed by atoms with E-state index in [0.29, 0.717) is 28.1 Å². The molecular weight excluding hydrogens is 337 g/mol. The highest BCUT2D eigenvalue weighted by Gasteiger charge is 2.11. The minimum atomic E-state index is -0.172. The third-order valence-electron chi connectivity index (χ3n) is 2.62. The van der Waals surface area contributed by atoms with Crippen molar-refractivity contribution in [3.63, 3.8) is 0 Å². The molecule has 1 aromatic rings. The van der Waals surface area contributed by atoms with Crippen molar-refractivity contribution in [1.29, 1.82) is 0 Å². The number of hydrogen-bond acceptors (Lipinski definition) is 1. The normalized spacial score (nSPS) is 12.2. The fourth-order valence-electron chi connectivity index (χ4n) is 1.50. The lowest BCUT2D eigenvalue weighted by Gasteiger charge is -2.09. The molecule has 1 N–H and O–H groups in total. The second-order valence-electron chi connectivity index (χ2n) is 4.26. The van der Waals surface area contributed by atoms with Gasteiger partial charge in [0.15, 0.2) is 0 Å². The second kappa shape index (κ2) is 8.03. The van der Waals surface area contributed by atoms with Crippen LogP contribution in [0.4, 0.5) is 0 Å². The van der Waals surface area contributed by atoms with Crippen molar-refractivity contribution in [3.05, 3.63) is 33.8 Å². The molecule has 18 heavy (non-hydrogen) atoms. The third kappa shape index (κ3) is 4.79. The van der Waals surface area contributed by atoms with Crippen LogP contribution in [0.15, 0.2) is 18.2 Å². The first-order chi connectivity index (χ1) is 8.56. The molecule has 0 radical (unpaired) electrons. The largest absolute Gasteiger partial charge is 0.352 e. The van der Waals surface area contributed by atoms with E-state index in [1.54, 1.807) is 18.2 Å². The quantitative estimate of drug-likeness (QED) is 0.591. The first kappa shape index (κ1) is 15.8. The average molecular weight is 353 g/mol. The first-order valence-corrected chi connectivity index (χ1v) is 7.72. The van der Waals surface area contributed by atoms with E-state index in [0.717, 1.165) is 18.2 Å². The van der Waals surface area contributed by atoms with Crippen LogP contribution in [-0.4, -0.2) is 17.8 Å². The lowest BCUT2D eigenvalue weighted by Crippen LogP contribution is -2.25. The Bertz CT molecular complexity index is 412. The first-order valence-electron chi connectivity index (χ1n) is 5.84. The number of alkyl halides is 1. The van der Waals surface area contributed by atoms with Crippen LogP contribution in [0, 0.1) is 5.92 Å². The summed E-state index contributed by atoms with van der Waals surface area (Å²) in [5.41, 5.74) is 0.428. The van der Waals surface area contributed by atoms with Gasteiger partial charge in [0.05, 0.1) is 15.6 Å². The summed E-state index contributed by atoms with van der Waals surface area (Å²) in [6, 6.07) is 5.05. The van der Waals surface area contributed by atoms with E-state index in [-0.39, 0.29) is 5.91 Å². The molecule has 1 amide bonds. The van der Waals surface area contributed by atoms with Gasteiger partial charge in [-0.1, -0.05) is 52.1 Å². The van der Waals surface area contributed by atoms with Gasteiger partial charge in [0.1, 0.15) is 0 Å². The molecule has 1 aromatic carbocycles. The van der Waals surface area contributed by atoms with E-state index in [2.05, 4.69) is 28.2 Å². The summed E-state index contributed by atoms with van der Waals surface area (Å²) in [5.74, 6) is 0.450. The summed E-state index contributed by atoms with van der Waals surface area (Å²) < 4.78 is 0. The van der Waals surface area contributed by atoms with E-state index in [9.17, 15) is 4.79 Å². The molecule has 100 valence electrons. The van der Waals surface area contributed by atoms with Crippen molar-refractivity contribution >= 4 is 45.0 Å². The average Bonchev–Trinajstić information content (AvgIpc) is 2.37. The molecule has 0 aliphatic rings. The van der Waals surface area contributed by atoms with Gasteiger partial charge >= 0.3 is 0 Å². The summed E-state index contributed by atoms with van der Waals surface area (Å²) in [5, 5.41) is 4.55. The molecule has 1 atom stereocenters. The lowest BCUT2D eigenvalue weighted by molar-refractivity contribution is 0.0952. The molecule has 0 saturated heterocycles. The predicted octanol–water partition coefficient (Wildman–Crippen LogP) is 4.53. The fraction of sp³-hybridized carbons (Fsp3) is 0.462. The van der Waals surface area contributed by atoms with Crippen LogP contribution in [0.5, 0.6) is 0 Å². The monoisotopic (exact) mass is 351 g/mol. The Kier molecular flexibility index (Phi) is 7.05. The minimum absolute atomic E-state index is 0.172. The molecule has 0 aromatic heterocycles. The van der Waals surface area contributed by atoms with Gasteiger partial charge in [-0.05, 0) is 30.9 Å². The maximum absolute atomic E-state index is 11.9. The number of carbonyl (C=O) groups excluding carboxylic acids is 1. The fourth-order valence-corrected chi connectivity index (χ4v) is 2.21. The van der Waals surface area contributed by atoms with E-state index >= 15 is 0 Å². The molecule has 0 spiro atoms. The maximum Gasteiger partial charge on any atom is 0.252 e. The van der Waals surface area contributed by atoms with Crippen molar-refractivity contribution in [2.24, 2.45) is 5.92 Å². The Morgan fingerprint density at radius 3 is 2.83 bits per heavy atom. The van der Waals surface area contributed by atoms with Crippen LogP contribution in [0.25, 0.3) is 0 Å². The lowest BCUT2D eigenvalue weighted by atomic mass is 10.1. The SMILES string of the molecule is CC(CBr)CCCNC(=O)c1cccc(Cl)c1Cl. The highest BCUT2D eigenvalue weighted by atomic mass is 79.9. The minimum Gasteiger partial charge on any atom is -0.352 e. The van der Waals surface area contributed by atoms with Crippen LogP contribution in [0.1, 0.15) is 30.1 Å². The van der Waals surface area contributed by atoms with Crippen molar-refractivity contribution in [1.82, 2.24) is 5.32 Å². The van der Waals surface area contributed by atoms with Gasteiger partial charge in [-0.15, -0.1) is 0 Å². The number of rotatable bonds is 6. The number of benzene rings is 1. The number of amides is 1. The second-order valence-corrected chi connectivity index (χ2v) is 5.69. The molecule has 0 bridgehead atoms. The summed E-state index contributed by atoms with van der Waals surface area (Å²) in [7, 11) is 0. The van der Waals surface area contributed by atoms with Gasteiger partial charge in [-0.25, -0.2) is 0 Å². The van der Waals surface area contributed by atoms with Crippen molar-refractivity contribution in [3.8, 4) is 0 Å². The summed E-state index contributed by atoms with van der Waals surface area (Å²) in [6.45, 7) is 2.82. The van der Waals surface area contributed by atoms with Gasteiger partial charge in [-0.3, -0.25) is 4.79 Å². The number of nitrogens with one attached hydrogen (secondary N) is 1. The Hall–Kier alpha value is -0.250. The maximum atomic E-state index is 11.9. The number of halogens is 3. The molecule has 0 aliphatic heterocycles. The molecule has 0 saturated carbocycles. The smallest absolute Gasteiger partial charge is 0.252 e. The highest BCUT2D eigenvalue weighted by Crippen LogP contribution is 2.25. The summed E-state index contributed by atoms with van der Waals surface area (Å²) in [6.07, 6.45) is 2.03. The van der Waals surface area contributed by atoms with Gasteiger partial charge in [0.25, 0.3) is 5.91 Å². The molecule has 2 nitrogen and oxygen atoms in total. The van der Waals surface area contributed by atoms with Crippen LogP contribution >= 0.6 is 39.1 Å². The molecule has 0 fully saturated rings. The van der Waals surface area contributed by atoms with Gasteiger partial charge in [-0.2, -0.15) is 0 Å². The number of carbonyl (C=O) groups is 1. The van der Waals surface area contributed by atoms with Gasteiger partial charge in [0, 0.05) is 11.9 Å². The van der Waals surface area contributed by atoms with Crippen LogP contribution < -0.4 is 5.32 Å². The molecule has 5 heteroatoms. The zero-order valence-electron chi connectivity index (χ0n) is 10.2. The zero-order valence-corrected chi connectivity index (χ0v) is 13.3. The molecule has 0 heterocycles. The Balaban J connectivity index is 2.44. The van der Waals surface area contributed by atoms with Crippen molar-refractivity contribution < 1.29 is 4.79 Å². The molecule has 1 unspecified atom stereocenters. The van der Waals surface area contributed by atoms with Crippen LogP contribution in [0.2, 0.25) is 10.0 Å². The van der Waals surface area contributed by atoms with E-state index in [1.165, 1.54) is 0 Å². The molecule has 0 aliphatic carbocycles. The van der Waals surface area contributed by atoms with E-state index in [1.807, 2.05) is 0 Å². The zero-order chi connectivity index (χ0) is 13.5. The van der Waals surface area contributed by atoms with Crippen molar-refractivity contribution in [2.45, 2.75) is 19.8 Å². The van der Waals surface area contributed by atoms with Gasteiger partial charge < -0.3 is 5.32 Å². The van der Waals surface area contributed by atoms with E-state index in [4.69, 9.17) is 23.2 Å². The topological polar surface area (TPSA) is 29.1 Å². The Morgan fingerprint density at radius 1 is 1.44 bits per heavy atom. The van der Waals surface area contributed by atoms with Gasteiger partial charge in [0.2, 0.25) is 0 Å². The molecule has 1 rings (SSSR count). The van der Waals surface area contributed by atoms with E-state index < -0.39 is 0 Å². The van der Waals surface area contributed by atoms with Crippen LogP contribution in [-0.2, 0) is 0 Å². The Morgan fingerprint density at radius 2 is 2.17 bits per heavy atom. The van der Waals surface area contributed by atoms with Crippen molar-refractivity contribution in [2.75, 3.05) is 11.9 Å². The highest BCUT2D eigenvalue weighted by molar-refractivity contribution is 9.09.